The first-order chi connectivity index (χ1) is 9.87. The van der Waals surface area contributed by atoms with Crippen LogP contribution in [-0.2, 0) is 21.9 Å². The Morgan fingerprint density at radius 1 is 1.43 bits per heavy atom. The molecule has 0 aliphatic heterocycles. The standard InChI is InChI=1S/C12H12N4O4S/c1-16-8-10(7-13-16)21(19,20)15-11-4-2-3-9(14-11)5-6-12(17)18/h2-8H,1H3,(H,14,15)(H,17,18). The van der Waals surface area contributed by atoms with Gasteiger partial charge in [0.1, 0.15) is 10.7 Å². The molecule has 2 aromatic rings. The number of aromatic nitrogens is 3. The van der Waals surface area contributed by atoms with Crippen molar-refractivity contribution in [1.82, 2.24) is 14.8 Å². The molecule has 9 heteroatoms. The zero-order valence-corrected chi connectivity index (χ0v) is 11.8. The van der Waals surface area contributed by atoms with Gasteiger partial charge < -0.3 is 5.11 Å². The van der Waals surface area contributed by atoms with E-state index in [-0.39, 0.29) is 10.7 Å². The van der Waals surface area contributed by atoms with Gasteiger partial charge in [-0.05, 0) is 18.2 Å². The van der Waals surface area contributed by atoms with E-state index < -0.39 is 16.0 Å². The van der Waals surface area contributed by atoms with Gasteiger partial charge >= 0.3 is 5.97 Å². The molecule has 0 amide bonds. The minimum absolute atomic E-state index is 0.0123. The van der Waals surface area contributed by atoms with Gasteiger partial charge in [-0.15, -0.1) is 0 Å². The van der Waals surface area contributed by atoms with Gasteiger partial charge in [0.25, 0.3) is 10.0 Å². The fourth-order valence-electron chi connectivity index (χ4n) is 1.49. The number of hydrogen-bond donors (Lipinski definition) is 2. The maximum absolute atomic E-state index is 12.1. The first-order valence-electron chi connectivity index (χ1n) is 5.76. The number of anilines is 1. The SMILES string of the molecule is Cn1cc(S(=O)(=O)Nc2cccc(C=CC(=O)O)n2)cn1. The Morgan fingerprint density at radius 3 is 2.81 bits per heavy atom. The highest BCUT2D eigenvalue weighted by Gasteiger charge is 2.16. The Balaban J connectivity index is 2.23. The first-order valence-corrected chi connectivity index (χ1v) is 7.25. The summed E-state index contributed by atoms with van der Waals surface area (Å²) in [7, 11) is -2.17. The van der Waals surface area contributed by atoms with Crippen LogP contribution in [0.25, 0.3) is 6.08 Å². The quantitative estimate of drug-likeness (QED) is 0.786. The van der Waals surface area contributed by atoms with Crippen LogP contribution in [0.4, 0.5) is 5.82 Å². The molecule has 2 aromatic heterocycles. The fraction of sp³-hybridized carbons (Fsp3) is 0.0833. The maximum Gasteiger partial charge on any atom is 0.328 e. The van der Waals surface area contributed by atoms with E-state index >= 15 is 0 Å². The van der Waals surface area contributed by atoms with Crippen molar-refractivity contribution >= 4 is 27.9 Å². The van der Waals surface area contributed by atoms with Crippen molar-refractivity contribution in [3.63, 3.8) is 0 Å². The summed E-state index contributed by atoms with van der Waals surface area (Å²) in [6, 6.07) is 4.59. The van der Waals surface area contributed by atoms with Gasteiger partial charge in [-0.3, -0.25) is 9.40 Å². The normalized spacial score (nSPS) is 11.7. The van der Waals surface area contributed by atoms with Crippen LogP contribution in [-0.4, -0.2) is 34.3 Å². The number of nitrogens with zero attached hydrogens (tertiary/aromatic N) is 3. The van der Waals surface area contributed by atoms with Gasteiger partial charge in [-0.25, -0.2) is 18.2 Å². The van der Waals surface area contributed by atoms with Gasteiger partial charge in [0, 0.05) is 19.3 Å². The van der Waals surface area contributed by atoms with Gasteiger partial charge in [0.2, 0.25) is 0 Å². The third kappa shape index (κ3) is 3.89. The second kappa shape index (κ2) is 5.75. The van der Waals surface area contributed by atoms with E-state index in [1.54, 1.807) is 19.2 Å². The van der Waals surface area contributed by atoms with Crippen LogP contribution in [0.15, 0.2) is 41.6 Å². The van der Waals surface area contributed by atoms with Gasteiger partial charge in [-0.1, -0.05) is 6.07 Å². The molecule has 0 aliphatic carbocycles. The Morgan fingerprint density at radius 2 is 2.19 bits per heavy atom. The second-order valence-corrected chi connectivity index (χ2v) is 5.76. The molecule has 110 valence electrons. The van der Waals surface area contributed by atoms with Gasteiger partial charge in [0.15, 0.2) is 0 Å². The van der Waals surface area contributed by atoms with Crippen LogP contribution in [0.2, 0.25) is 0 Å². The second-order valence-electron chi connectivity index (χ2n) is 4.07. The Labute approximate surface area is 120 Å². The third-order valence-electron chi connectivity index (χ3n) is 2.40. The molecule has 0 unspecified atom stereocenters. The van der Waals surface area contributed by atoms with Crippen LogP contribution < -0.4 is 4.72 Å². The smallest absolute Gasteiger partial charge is 0.328 e. The van der Waals surface area contributed by atoms with E-state index in [1.807, 2.05) is 0 Å². The zero-order chi connectivity index (χ0) is 15.5. The van der Waals surface area contributed by atoms with Crippen LogP contribution in [0.3, 0.4) is 0 Å². The van der Waals surface area contributed by atoms with E-state index in [0.29, 0.717) is 5.69 Å². The predicted octanol–water partition coefficient (Wildman–Crippen LogP) is 0.714. The largest absolute Gasteiger partial charge is 0.478 e. The monoisotopic (exact) mass is 308 g/mol. The molecule has 0 radical (unpaired) electrons. The Hall–Kier alpha value is -2.68. The number of sulfonamides is 1. The number of rotatable bonds is 5. The highest BCUT2D eigenvalue weighted by Crippen LogP contribution is 2.14. The zero-order valence-electron chi connectivity index (χ0n) is 11.0. The summed E-state index contributed by atoms with van der Waals surface area (Å²) in [5.74, 6) is -1.02. The topological polar surface area (TPSA) is 114 Å². The van der Waals surface area contributed by atoms with Crippen molar-refractivity contribution in [1.29, 1.82) is 0 Å². The third-order valence-corrected chi connectivity index (χ3v) is 3.71. The van der Waals surface area contributed by atoms with Crippen molar-refractivity contribution in [2.75, 3.05) is 4.72 Å². The molecular weight excluding hydrogens is 296 g/mol. The molecular formula is C12H12N4O4S. The number of carbonyl (C=O) groups is 1. The maximum atomic E-state index is 12.1. The number of hydrogen-bond acceptors (Lipinski definition) is 5. The summed E-state index contributed by atoms with van der Waals surface area (Å²) in [5.41, 5.74) is 0.323. The van der Waals surface area contributed by atoms with E-state index in [1.165, 1.54) is 29.2 Å². The van der Waals surface area contributed by atoms with Crippen LogP contribution in [0.1, 0.15) is 5.69 Å². The number of aryl methyl sites for hydroxylation is 1. The molecule has 0 aliphatic rings. The number of aliphatic carboxylic acids is 1. The van der Waals surface area contributed by atoms with E-state index in [2.05, 4.69) is 14.8 Å². The molecule has 0 aromatic carbocycles. The molecule has 0 spiro atoms. The lowest BCUT2D eigenvalue weighted by atomic mass is 10.3. The molecule has 2 heterocycles. The Kier molecular flexibility index (Phi) is 4.03. The summed E-state index contributed by atoms with van der Waals surface area (Å²) in [5, 5.41) is 12.3. The van der Waals surface area contributed by atoms with Crippen molar-refractivity contribution in [2.24, 2.45) is 7.05 Å². The van der Waals surface area contributed by atoms with E-state index in [4.69, 9.17) is 5.11 Å². The molecule has 0 saturated heterocycles. The molecule has 2 rings (SSSR count). The molecule has 0 bridgehead atoms. The molecule has 21 heavy (non-hydrogen) atoms. The summed E-state index contributed by atoms with van der Waals surface area (Å²) < 4.78 is 27.8. The predicted molar refractivity (Wildman–Crippen MR) is 74.9 cm³/mol. The van der Waals surface area contributed by atoms with E-state index in [9.17, 15) is 13.2 Å². The lowest BCUT2D eigenvalue weighted by Gasteiger charge is -2.05. The molecule has 0 fully saturated rings. The molecule has 0 atom stereocenters. The van der Waals surface area contributed by atoms with E-state index in [0.717, 1.165) is 6.08 Å². The van der Waals surface area contributed by atoms with Gasteiger partial charge in [-0.2, -0.15) is 5.10 Å². The van der Waals surface area contributed by atoms with Gasteiger partial charge in [0.05, 0.1) is 11.9 Å². The highest BCUT2D eigenvalue weighted by molar-refractivity contribution is 7.92. The lowest BCUT2D eigenvalue weighted by Crippen LogP contribution is -2.13. The average Bonchev–Trinajstić information content (AvgIpc) is 2.84. The van der Waals surface area contributed by atoms with Crippen molar-refractivity contribution < 1.29 is 18.3 Å². The number of carboxylic acids is 1. The molecule has 2 N–H and O–H groups in total. The first kappa shape index (κ1) is 14.7. The molecule has 0 saturated carbocycles. The fourth-order valence-corrected chi connectivity index (χ4v) is 2.48. The van der Waals surface area contributed by atoms with Crippen LogP contribution in [0, 0.1) is 0 Å². The number of carboxylic acid groups (broad SMARTS) is 1. The number of pyridine rings is 1. The van der Waals surface area contributed by atoms with Crippen LogP contribution >= 0.6 is 0 Å². The minimum atomic E-state index is -3.78. The lowest BCUT2D eigenvalue weighted by molar-refractivity contribution is -0.131. The summed E-state index contributed by atoms with van der Waals surface area (Å²) >= 11 is 0. The summed E-state index contributed by atoms with van der Waals surface area (Å²) in [6.45, 7) is 0. The summed E-state index contributed by atoms with van der Waals surface area (Å²) in [4.78, 5) is 14.4. The van der Waals surface area contributed by atoms with Crippen molar-refractivity contribution in [3.05, 3.63) is 42.4 Å². The average molecular weight is 308 g/mol. The van der Waals surface area contributed by atoms with Crippen LogP contribution in [0.5, 0.6) is 0 Å². The Bertz CT molecular complexity index is 795. The van der Waals surface area contributed by atoms with Crippen molar-refractivity contribution in [3.8, 4) is 0 Å². The molecule has 8 nitrogen and oxygen atoms in total. The van der Waals surface area contributed by atoms with Crippen molar-refractivity contribution in [2.45, 2.75) is 4.90 Å². The minimum Gasteiger partial charge on any atom is -0.478 e. The summed E-state index contributed by atoms with van der Waals surface area (Å²) in [6.07, 6.45) is 4.76. The number of nitrogens with one attached hydrogen (secondary N) is 1. The highest BCUT2D eigenvalue weighted by atomic mass is 32.2.